The van der Waals surface area contributed by atoms with Gasteiger partial charge in [0, 0.05) is 16.3 Å². The number of rotatable bonds is 4. The third-order valence-electron chi connectivity index (χ3n) is 2.99. The summed E-state index contributed by atoms with van der Waals surface area (Å²) >= 11 is 14.9. The van der Waals surface area contributed by atoms with Gasteiger partial charge in [-0.25, -0.2) is 0 Å². The van der Waals surface area contributed by atoms with Crippen molar-refractivity contribution in [3.05, 3.63) is 19.8 Å². The number of thiophene rings is 1. The zero-order valence-electron chi connectivity index (χ0n) is 9.43. The minimum absolute atomic E-state index is 0.391. The second kappa shape index (κ2) is 6.90. The minimum Gasteiger partial charge on any atom is -0.378 e. The quantitative estimate of drug-likeness (QED) is 0.566. The van der Waals surface area contributed by atoms with Gasteiger partial charge in [-0.3, -0.25) is 0 Å². The molecule has 0 saturated carbocycles. The van der Waals surface area contributed by atoms with Crippen LogP contribution in [-0.4, -0.2) is 12.7 Å². The lowest BCUT2D eigenvalue weighted by Crippen LogP contribution is -2.19. The first-order valence-electron chi connectivity index (χ1n) is 5.87. The smallest absolute Gasteiger partial charge is 0.0887 e. The van der Waals surface area contributed by atoms with Crippen molar-refractivity contribution in [3.8, 4) is 0 Å². The molecular weight excluding hydrogens is 387 g/mol. The summed E-state index contributed by atoms with van der Waals surface area (Å²) < 4.78 is 6.76. The summed E-state index contributed by atoms with van der Waals surface area (Å²) in [7, 11) is 0. The Morgan fingerprint density at radius 3 is 2.94 bits per heavy atom. The molecule has 5 heteroatoms. The van der Waals surface area contributed by atoms with E-state index in [1.165, 1.54) is 24.1 Å². The summed E-state index contributed by atoms with van der Waals surface area (Å²) in [4.78, 5) is 1.68. The Morgan fingerprint density at radius 2 is 2.35 bits per heavy atom. The van der Waals surface area contributed by atoms with Gasteiger partial charge in [0.15, 0.2) is 0 Å². The zero-order valence-corrected chi connectivity index (χ0v) is 14.2. The fourth-order valence-electron chi connectivity index (χ4n) is 2.03. The number of halogens is 3. The van der Waals surface area contributed by atoms with Crippen molar-refractivity contribution in [2.75, 3.05) is 6.61 Å². The van der Waals surface area contributed by atoms with Gasteiger partial charge in [-0.05, 0) is 54.1 Å². The fourth-order valence-corrected chi connectivity index (χ4v) is 4.46. The number of hydrogen-bond acceptors (Lipinski definition) is 2. The van der Waals surface area contributed by atoms with Crippen LogP contribution in [0.25, 0.3) is 0 Å². The molecular formula is C12H15Br2ClOS. The highest BCUT2D eigenvalue weighted by Gasteiger charge is 2.18. The van der Waals surface area contributed by atoms with Crippen molar-refractivity contribution in [1.29, 1.82) is 0 Å². The van der Waals surface area contributed by atoms with E-state index in [0.717, 1.165) is 28.3 Å². The van der Waals surface area contributed by atoms with E-state index in [2.05, 4.69) is 31.9 Å². The summed E-state index contributed by atoms with van der Waals surface area (Å²) in [6.07, 6.45) is 6.45. The summed E-state index contributed by atoms with van der Waals surface area (Å²) in [5.74, 6) is 0. The summed E-state index contributed by atoms with van der Waals surface area (Å²) in [6.45, 7) is 0.938. The molecule has 2 atom stereocenters. The largest absolute Gasteiger partial charge is 0.378 e. The average Bonchev–Trinajstić information content (AvgIpc) is 2.68. The maximum atomic E-state index is 6.04. The highest BCUT2D eigenvalue weighted by molar-refractivity contribution is 9.11. The molecule has 0 radical (unpaired) electrons. The van der Waals surface area contributed by atoms with Gasteiger partial charge in [-0.15, -0.1) is 11.3 Å². The van der Waals surface area contributed by atoms with Gasteiger partial charge < -0.3 is 4.74 Å². The molecule has 0 aliphatic carbocycles. The Morgan fingerprint density at radius 1 is 1.53 bits per heavy atom. The van der Waals surface area contributed by atoms with Gasteiger partial charge in [0.05, 0.1) is 14.9 Å². The predicted octanol–water partition coefficient (Wildman–Crippen LogP) is 5.95. The molecule has 1 aliphatic heterocycles. The van der Waals surface area contributed by atoms with E-state index in [1.54, 1.807) is 11.3 Å². The van der Waals surface area contributed by atoms with E-state index in [4.69, 9.17) is 16.3 Å². The first-order chi connectivity index (χ1) is 8.16. The highest BCUT2D eigenvalue weighted by atomic mass is 79.9. The molecule has 1 aliphatic rings. The second-order valence-electron chi connectivity index (χ2n) is 4.30. The number of hydrogen-bond donors (Lipinski definition) is 0. The van der Waals surface area contributed by atoms with E-state index in [0.29, 0.717) is 10.9 Å². The topological polar surface area (TPSA) is 9.23 Å². The van der Waals surface area contributed by atoms with Gasteiger partial charge in [0.1, 0.15) is 0 Å². The van der Waals surface area contributed by atoms with Crippen LogP contribution in [0.3, 0.4) is 0 Å². The van der Waals surface area contributed by atoms with Crippen molar-refractivity contribution in [1.82, 2.24) is 0 Å². The SMILES string of the molecule is Clc1cc(C(Br)CCC2CCCCO2)sc1Br. The average molecular weight is 403 g/mol. The van der Waals surface area contributed by atoms with Crippen molar-refractivity contribution < 1.29 is 4.74 Å². The second-order valence-corrected chi connectivity index (χ2v) is 8.22. The van der Waals surface area contributed by atoms with Crippen LogP contribution in [0, 0.1) is 0 Å². The van der Waals surface area contributed by atoms with Gasteiger partial charge in [0.2, 0.25) is 0 Å². The lowest BCUT2D eigenvalue weighted by molar-refractivity contribution is 0.0102. The van der Waals surface area contributed by atoms with Crippen LogP contribution in [-0.2, 0) is 4.74 Å². The lowest BCUT2D eigenvalue weighted by Gasteiger charge is -2.23. The molecule has 2 rings (SSSR count). The van der Waals surface area contributed by atoms with Crippen molar-refractivity contribution in [2.45, 2.75) is 43.0 Å². The molecule has 0 amide bonds. The predicted molar refractivity (Wildman–Crippen MR) is 81.5 cm³/mol. The number of ether oxygens (including phenoxy) is 1. The van der Waals surface area contributed by atoms with E-state index in [1.807, 2.05) is 6.07 Å². The molecule has 2 heterocycles. The van der Waals surface area contributed by atoms with E-state index < -0.39 is 0 Å². The summed E-state index contributed by atoms with van der Waals surface area (Å²) in [6, 6.07) is 2.04. The molecule has 2 unspecified atom stereocenters. The molecule has 1 saturated heterocycles. The Kier molecular flexibility index (Phi) is 5.81. The lowest BCUT2D eigenvalue weighted by atomic mass is 10.0. The normalized spacial score (nSPS) is 22.6. The first-order valence-corrected chi connectivity index (χ1v) is 8.77. The molecule has 1 nitrogen and oxygen atoms in total. The zero-order chi connectivity index (χ0) is 12.3. The van der Waals surface area contributed by atoms with Crippen molar-refractivity contribution >= 4 is 54.8 Å². The molecule has 0 bridgehead atoms. The van der Waals surface area contributed by atoms with Crippen molar-refractivity contribution in [2.24, 2.45) is 0 Å². The van der Waals surface area contributed by atoms with Crippen LogP contribution < -0.4 is 0 Å². The van der Waals surface area contributed by atoms with Gasteiger partial charge in [-0.2, -0.15) is 0 Å². The third-order valence-corrected chi connectivity index (χ3v) is 6.83. The van der Waals surface area contributed by atoms with Crippen LogP contribution in [0.1, 0.15) is 41.8 Å². The minimum atomic E-state index is 0.391. The molecule has 96 valence electrons. The van der Waals surface area contributed by atoms with Crippen molar-refractivity contribution in [3.63, 3.8) is 0 Å². The summed E-state index contributed by atoms with van der Waals surface area (Å²) in [5.41, 5.74) is 0. The van der Waals surface area contributed by atoms with Crippen LogP contribution in [0.15, 0.2) is 9.85 Å². The Bertz CT molecular complexity index is 344. The highest BCUT2D eigenvalue weighted by Crippen LogP contribution is 2.40. The maximum absolute atomic E-state index is 6.04. The Balaban J connectivity index is 1.82. The number of alkyl halides is 1. The summed E-state index contributed by atoms with van der Waals surface area (Å²) in [5, 5.41) is 0.809. The molecule has 17 heavy (non-hydrogen) atoms. The fraction of sp³-hybridized carbons (Fsp3) is 0.667. The first kappa shape index (κ1) is 14.3. The standard InChI is InChI=1S/C12H15Br2ClOS/c13-9(11-7-10(15)12(14)17-11)5-4-8-3-1-2-6-16-8/h7-9H,1-6H2. The molecule has 1 aromatic heterocycles. The van der Waals surface area contributed by atoms with Crippen LogP contribution >= 0.6 is 54.8 Å². The van der Waals surface area contributed by atoms with Crippen LogP contribution in [0.2, 0.25) is 5.02 Å². The molecule has 1 aromatic rings. The van der Waals surface area contributed by atoms with Crippen LogP contribution in [0.4, 0.5) is 0 Å². The van der Waals surface area contributed by atoms with Gasteiger partial charge in [0.25, 0.3) is 0 Å². The molecule has 0 aromatic carbocycles. The molecule has 0 spiro atoms. The van der Waals surface area contributed by atoms with E-state index in [-0.39, 0.29) is 0 Å². The molecule has 1 fully saturated rings. The Hall–Kier alpha value is 0.910. The maximum Gasteiger partial charge on any atom is 0.0887 e. The van der Waals surface area contributed by atoms with Crippen LogP contribution in [0.5, 0.6) is 0 Å². The Labute approximate surface area is 128 Å². The van der Waals surface area contributed by atoms with Gasteiger partial charge >= 0.3 is 0 Å². The van der Waals surface area contributed by atoms with Gasteiger partial charge in [-0.1, -0.05) is 27.5 Å². The molecule has 0 N–H and O–H groups in total. The van der Waals surface area contributed by atoms with E-state index in [9.17, 15) is 0 Å². The monoisotopic (exact) mass is 400 g/mol. The third kappa shape index (κ3) is 4.20. The van der Waals surface area contributed by atoms with E-state index >= 15 is 0 Å².